The Balaban J connectivity index is 2.55. The van der Waals surface area contributed by atoms with Crippen LogP contribution < -0.4 is 5.32 Å². The van der Waals surface area contributed by atoms with Crippen LogP contribution >= 0.6 is 0 Å². The highest BCUT2D eigenvalue weighted by Crippen LogP contribution is 2.20. The molecule has 1 atom stereocenters. The predicted molar refractivity (Wildman–Crippen MR) is 72.3 cm³/mol. The van der Waals surface area contributed by atoms with Gasteiger partial charge in [-0.3, -0.25) is 4.90 Å². The summed E-state index contributed by atoms with van der Waals surface area (Å²) in [6.45, 7) is 4.98. The van der Waals surface area contributed by atoms with Crippen LogP contribution in [0.1, 0.15) is 20.8 Å². The minimum atomic E-state index is -4.16. The van der Waals surface area contributed by atoms with Gasteiger partial charge < -0.3 is 5.32 Å². The number of nitrogens with zero attached hydrogens (tertiary/aromatic N) is 1. The maximum atomic E-state index is 12.5. The quantitative estimate of drug-likeness (QED) is 0.849. The number of para-hydroxylation sites is 1. The third kappa shape index (κ3) is 5.96. The molecule has 0 fully saturated rings. The van der Waals surface area contributed by atoms with Crippen molar-refractivity contribution >= 4 is 5.69 Å². The normalized spacial score (nSPS) is 13.9. The molecule has 1 aromatic rings. The Morgan fingerprint density at radius 2 is 1.68 bits per heavy atom. The van der Waals surface area contributed by atoms with Crippen LogP contribution in [0, 0.1) is 0 Å². The Hall–Kier alpha value is -1.23. The molecule has 1 unspecified atom stereocenters. The molecule has 0 aliphatic carbocycles. The summed E-state index contributed by atoms with van der Waals surface area (Å²) in [4.78, 5) is 1.45. The molecule has 0 spiro atoms. The second-order valence-corrected chi connectivity index (χ2v) is 4.98. The molecular formula is C14H21F3N2. The van der Waals surface area contributed by atoms with Crippen molar-refractivity contribution in [2.24, 2.45) is 0 Å². The molecule has 0 radical (unpaired) electrons. The van der Waals surface area contributed by atoms with E-state index in [0.29, 0.717) is 6.54 Å². The van der Waals surface area contributed by atoms with Crippen LogP contribution in [0.2, 0.25) is 0 Å². The van der Waals surface area contributed by atoms with Crippen molar-refractivity contribution in [1.29, 1.82) is 0 Å². The van der Waals surface area contributed by atoms with Gasteiger partial charge in [0.25, 0.3) is 0 Å². The van der Waals surface area contributed by atoms with Crippen molar-refractivity contribution in [3.63, 3.8) is 0 Å². The van der Waals surface area contributed by atoms with Crippen molar-refractivity contribution in [1.82, 2.24) is 4.90 Å². The second-order valence-electron chi connectivity index (χ2n) is 4.98. The Kier molecular flexibility index (Phi) is 5.66. The van der Waals surface area contributed by atoms with Gasteiger partial charge in [-0.1, -0.05) is 18.2 Å². The lowest BCUT2D eigenvalue weighted by molar-refractivity contribution is -0.153. The van der Waals surface area contributed by atoms with Gasteiger partial charge in [0.05, 0.1) is 6.54 Å². The number of hydrogen-bond donors (Lipinski definition) is 1. The van der Waals surface area contributed by atoms with E-state index in [4.69, 9.17) is 0 Å². The highest BCUT2D eigenvalue weighted by Gasteiger charge is 2.33. The van der Waals surface area contributed by atoms with Crippen LogP contribution in [0.3, 0.4) is 0 Å². The van der Waals surface area contributed by atoms with E-state index in [-0.39, 0.29) is 12.1 Å². The van der Waals surface area contributed by atoms with Gasteiger partial charge in [0.1, 0.15) is 0 Å². The van der Waals surface area contributed by atoms with Gasteiger partial charge >= 0.3 is 6.18 Å². The number of anilines is 1. The number of nitrogens with one attached hydrogen (secondary N) is 1. The third-order valence-electron chi connectivity index (χ3n) is 2.97. The average Bonchev–Trinajstić information content (AvgIpc) is 2.33. The number of alkyl halides is 3. The largest absolute Gasteiger partial charge is 0.401 e. The summed E-state index contributed by atoms with van der Waals surface area (Å²) in [7, 11) is 0. The smallest absolute Gasteiger partial charge is 0.383 e. The summed E-state index contributed by atoms with van der Waals surface area (Å²) in [6, 6.07) is 9.15. The van der Waals surface area contributed by atoms with Crippen LogP contribution in [-0.4, -0.2) is 36.2 Å². The van der Waals surface area contributed by atoms with Gasteiger partial charge in [0.2, 0.25) is 0 Å². The fraction of sp³-hybridized carbons (Fsp3) is 0.571. The number of hydrogen-bond acceptors (Lipinski definition) is 2. The van der Waals surface area contributed by atoms with E-state index in [1.54, 1.807) is 13.8 Å². The summed E-state index contributed by atoms with van der Waals surface area (Å²) in [6.07, 6.45) is -4.16. The van der Waals surface area contributed by atoms with E-state index in [0.717, 1.165) is 5.69 Å². The minimum absolute atomic E-state index is 0.144. The molecule has 0 aromatic heterocycles. The monoisotopic (exact) mass is 274 g/mol. The summed E-state index contributed by atoms with van der Waals surface area (Å²) < 4.78 is 37.6. The first-order valence-corrected chi connectivity index (χ1v) is 6.41. The summed E-state index contributed by atoms with van der Waals surface area (Å²) in [5.74, 6) is 0. The maximum absolute atomic E-state index is 12.5. The molecule has 108 valence electrons. The van der Waals surface area contributed by atoms with Gasteiger partial charge in [-0.2, -0.15) is 13.2 Å². The van der Waals surface area contributed by atoms with E-state index in [1.807, 2.05) is 37.3 Å². The SMILES string of the molecule is CC(C)N(CC(F)(F)F)C(C)CNc1ccccc1. The van der Waals surface area contributed by atoms with Crippen LogP contribution in [0.4, 0.5) is 18.9 Å². The molecule has 0 bridgehead atoms. The average molecular weight is 274 g/mol. The molecule has 5 heteroatoms. The summed E-state index contributed by atoms with van der Waals surface area (Å²) in [5, 5.41) is 3.16. The van der Waals surface area contributed by atoms with Crippen molar-refractivity contribution in [2.75, 3.05) is 18.4 Å². The Bertz CT molecular complexity index is 363. The topological polar surface area (TPSA) is 15.3 Å². The fourth-order valence-electron chi connectivity index (χ4n) is 1.99. The van der Waals surface area contributed by atoms with E-state index >= 15 is 0 Å². The number of benzene rings is 1. The van der Waals surface area contributed by atoms with Gasteiger partial charge in [-0.05, 0) is 32.9 Å². The molecule has 1 rings (SSSR count). The number of rotatable bonds is 6. The standard InChI is InChI=1S/C14H21F3N2/c1-11(2)19(10-14(15,16)17)12(3)9-18-13-7-5-4-6-8-13/h4-8,11-12,18H,9-10H2,1-3H3. The highest BCUT2D eigenvalue weighted by atomic mass is 19.4. The zero-order chi connectivity index (χ0) is 14.5. The van der Waals surface area contributed by atoms with Gasteiger partial charge in [-0.15, -0.1) is 0 Å². The molecular weight excluding hydrogens is 253 g/mol. The molecule has 0 saturated heterocycles. The zero-order valence-electron chi connectivity index (χ0n) is 11.5. The Morgan fingerprint density at radius 1 is 1.11 bits per heavy atom. The second kappa shape index (κ2) is 6.80. The molecule has 19 heavy (non-hydrogen) atoms. The molecule has 0 saturated carbocycles. The van der Waals surface area contributed by atoms with Gasteiger partial charge in [0.15, 0.2) is 0 Å². The molecule has 0 aliphatic rings. The lowest BCUT2D eigenvalue weighted by atomic mass is 10.2. The van der Waals surface area contributed by atoms with E-state index in [9.17, 15) is 13.2 Å². The van der Waals surface area contributed by atoms with Crippen molar-refractivity contribution in [3.8, 4) is 0 Å². The maximum Gasteiger partial charge on any atom is 0.401 e. The van der Waals surface area contributed by atoms with E-state index in [2.05, 4.69) is 5.32 Å². The van der Waals surface area contributed by atoms with Crippen LogP contribution in [-0.2, 0) is 0 Å². The van der Waals surface area contributed by atoms with Crippen molar-refractivity contribution < 1.29 is 13.2 Å². The van der Waals surface area contributed by atoms with Gasteiger partial charge in [-0.25, -0.2) is 0 Å². The molecule has 2 nitrogen and oxygen atoms in total. The molecule has 1 aromatic carbocycles. The lowest BCUT2D eigenvalue weighted by Crippen LogP contribution is -2.47. The third-order valence-corrected chi connectivity index (χ3v) is 2.97. The highest BCUT2D eigenvalue weighted by molar-refractivity contribution is 5.42. The summed E-state index contributed by atoms with van der Waals surface area (Å²) >= 11 is 0. The van der Waals surface area contributed by atoms with Crippen molar-refractivity contribution in [2.45, 2.75) is 39.0 Å². The minimum Gasteiger partial charge on any atom is -0.383 e. The zero-order valence-corrected chi connectivity index (χ0v) is 11.5. The first-order chi connectivity index (χ1) is 8.79. The van der Waals surface area contributed by atoms with Crippen molar-refractivity contribution in [3.05, 3.63) is 30.3 Å². The molecule has 1 N–H and O–H groups in total. The van der Waals surface area contributed by atoms with E-state index < -0.39 is 12.7 Å². The van der Waals surface area contributed by atoms with Crippen LogP contribution in [0.5, 0.6) is 0 Å². The number of halogens is 3. The Labute approximate surface area is 112 Å². The van der Waals surface area contributed by atoms with Gasteiger partial charge in [0, 0.05) is 24.3 Å². The van der Waals surface area contributed by atoms with Crippen LogP contribution in [0.15, 0.2) is 30.3 Å². The lowest BCUT2D eigenvalue weighted by Gasteiger charge is -2.33. The summed E-state index contributed by atoms with van der Waals surface area (Å²) in [5.41, 5.74) is 0.921. The Morgan fingerprint density at radius 3 is 2.16 bits per heavy atom. The van der Waals surface area contributed by atoms with Crippen LogP contribution in [0.25, 0.3) is 0 Å². The van der Waals surface area contributed by atoms with E-state index in [1.165, 1.54) is 4.90 Å². The first kappa shape index (κ1) is 15.8. The first-order valence-electron chi connectivity index (χ1n) is 6.41. The predicted octanol–water partition coefficient (Wildman–Crippen LogP) is 3.76. The molecule has 0 amide bonds. The molecule has 0 aliphatic heterocycles. The fourth-order valence-corrected chi connectivity index (χ4v) is 1.99. The molecule has 0 heterocycles.